The van der Waals surface area contributed by atoms with Crippen LogP contribution in [0.15, 0.2) is 90.2 Å². The molecule has 0 spiro atoms. The number of hydrogen-bond acceptors (Lipinski definition) is 7. The number of aromatic nitrogens is 3. The number of hydrogen-bond donors (Lipinski definition) is 4. The Morgan fingerprint density at radius 2 is 1.94 bits per heavy atom. The standard InChI is InChI=1S/C40H52N6O4/c1-28(2)12-10-13-29(3)20-23-46-37-19-18-33(42-38(48)32-17-11-21-41-25-32)24-35(37)40(50,39(46)49)30(4)14-8-9-22-45-26-36(43-44-45)34(27-47)31-15-6-5-7-16-31/h5-8,12,14-16,18-20,24,26,30,32,34,41,47,50H,9-11,13,17,21-23,25,27H2,1-4H3,(H,42,48)/b14-8+,29-20+/t30-,32?,34?,40+/m0/s1. The zero-order valence-electron chi connectivity index (χ0n) is 29.8. The number of rotatable bonds is 15. The molecule has 0 radical (unpaired) electrons. The van der Waals surface area contributed by atoms with Gasteiger partial charge in [0.15, 0.2) is 5.60 Å². The van der Waals surface area contributed by atoms with Gasteiger partial charge in [-0.3, -0.25) is 14.3 Å². The lowest BCUT2D eigenvalue weighted by atomic mass is 9.82. The number of nitrogens with zero attached hydrogens (tertiary/aromatic N) is 4. The van der Waals surface area contributed by atoms with Gasteiger partial charge in [-0.25, -0.2) is 0 Å². The van der Waals surface area contributed by atoms with Crippen molar-refractivity contribution in [1.82, 2.24) is 20.3 Å². The van der Waals surface area contributed by atoms with Gasteiger partial charge >= 0.3 is 0 Å². The summed E-state index contributed by atoms with van der Waals surface area (Å²) < 4.78 is 1.74. The first kappa shape index (κ1) is 36.9. The number of carbonyl (C=O) groups is 2. The molecule has 266 valence electrons. The number of allylic oxidation sites excluding steroid dienone is 4. The molecule has 0 bridgehead atoms. The van der Waals surface area contributed by atoms with Gasteiger partial charge in [0.25, 0.3) is 5.91 Å². The predicted octanol–water partition coefficient (Wildman–Crippen LogP) is 5.85. The Morgan fingerprint density at radius 3 is 2.66 bits per heavy atom. The molecule has 1 saturated heterocycles. The number of anilines is 2. The predicted molar refractivity (Wildman–Crippen MR) is 198 cm³/mol. The van der Waals surface area contributed by atoms with Crippen molar-refractivity contribution in [1.29, 1.82) is 0 Å². The number of benzene rings is 2. The second-order valence-electron chi connectivity index (χ2n) is 13.9. The van der Waals surface area contributed by atoms with Crippen LogP contribution in [0, 0.1) is 11.8 Å². The molecule has 0 saturated carbocycles. The van der Waals surface area contributed by atoms with Crippen LogP contribution < -0.4 is 15.5 Å². The largest absolute Gasteiger partial charge is 0.395 e. The van der Waals surface area contributed by atoms with Crippen LogP contribution in [0.2, 0.25) is 0 Å². The number of aliphatic hydroxyl groups is 2. The average molecular weight is 681 g/mol. The fraction of sp³-hybridized carbons (Fsp3) is 0.450. The third kappa shape index (κ3) is 8.67. The fourth-order valence-corrected chi connectivity index (χ4v) is 6.75. The minimum Gasteiger partial charge on any atom is -0.395 e. The van der Waals surface area contributed by atoms with E-state index in [9.17, 15) is 19.8 Å². The van der Waals surface area contributed by atoms with Gasteiger partial charge in [-0.15, -0.1) is 5.10 Å². The van der Waals surface area contributed by atoms with Crippen molar-refractivity contribution < 1.29 is 19.8 Å². The molecule has 1 fully saturated rings. The molecule has 4 N–H and O–H groups in total. The van der Waals surface area contributed by atoms with E-state index in [2.05, 4.69) is 53.9 Å². The van der Waals surface area contributed by atoms with Crippen molar-refractivity contribution in [2.24, 2.45) is 11.8 Å². The Labute approximate surface area is 296 Å². The first-order chi connectivity index (χ1) is 24.1. The normalized spacial score (nSPS) is 20.5. The highest BCUT2D eigenvalue weighted by Gasteiger charge is 2.52. The van der Waals surface area contributed by atoms with Gasteiger partial charge in [-0.05, 0) is 83.2 Å². The minimum absolute atomic E-state index is 0.0601. The Hall–Kier alpha value is -4.38. The summed E-state index contributed by atoms with van der Waals surface area (Å²) >= 11 is 0. The van der Waals surface area contributed by atoms with E-state index in [-0.39, 0.29) is 30.3 Å². The van der Waals surface area contributed by atoms with E-state index in [0.29, 0.717) is 48.7 Å². The number of aryl methyl sites for hydroxylation is 1. The Morgan fingerprint density at radius 1 is 1.14 bits per heavy atom. The van der Waals surface area contributed by atoms with Crippen molar-refractivity contribution in [3.8, 4) is 0 Å². The van der Waals surface area contributed by atoms with Gasteiger partial charge < -0.3 is 25.7 Å². The molecule has 1 aromatic heterocycles. The van der Waals surface area contributed by atoms with Gasteiger partial charge in [0.1, 0.15) is 0 Å². The van der Waals surface area contributed by atoms with Gasteiger partial charge in [-0.1, -0.05) is 77.9 Å². The van der Waals surface area contributed by atoms with Crippen LogP contribution in [0.25, 0.3) is 0 Å². The van der Waals surface area contributed by atoms with Crippen LogP contribution >= 0.6 is 0 Å². The first-order valence-corrected chi connectivity index (χ1v) is 17.8. The summed E-state index contributed by atoms with van der Waals surface area (Å²) in [7, 11) is 0. The van der Waals surface area contributed by atoms with Crippen LogP contribution in [0.5, 0.6) is 0 Å². The molecule has 2 unspecified atom stereocenters. The molecule has 10 nitrogen and oxygen atoms in total. The summed E-state index contributed by atoms with van der Waals surface area (Å²) in [6, 6.07) is 15.2. The highest BCUT2D eigenvalue weighted by molar-refractivity contribution is 6.08. The van der Waals surface area contributed by atoms with Crippen LogP contribution in [0.1, 0.15) is 82.5 Å². The summed E-state index contributed by atoms with van der Waals surface area (Å²) in [5.41, 5.74) is 4.02. The number of piperidine rings is 1. The lowest BCUT2D eigenvalue weighted by Crippen LogP contribution is -2.44. The number of fused-ring (bicyclic) bond motifs is 1. The molecular formula is C40H52N6O4. The zero-order valence-corrected chi connectivity index (χ0v) is 29.8. The number of carbonyl (C=O) groups excluding carboxylic acids is 2. The minimum atomic E-state index is -1.81. The van der Waals surface area contributed by atoms with Crippen molar-refractivity contribution >= 4 is 23.2 Å². The van der Waals surface area contributed by atoms with E-state index in [4.69, 9.17) is 0 Å². The quantitative estimate of drug-likeness (QED) is 0.148. The molecule has 2 aliphatic rings. The van der Waals surface area contributed by atoms with E-state index in [1.54, 1.807) is 15.6 Å². The monoisotopic (exact) mass is 680 g/mol. The first-order valence-electron chi connectivity index (χ1n) is 17.8. The maximum absolute atomic E-state index is 14.2. The van der Waals surface area contributed by atoms with Crippen LogP contribution in [-0.2, 0) is 21.7 Å². The van der Waals surface area contributed by atoms with Gasteiger partial charge in [-0.2, -0.15) is 0 Å². The van der Waals surface area contributed by atoms with Crippen LogP contribution in [0.3, 0.4) is 0 Å². The lowest BCUT2D eigenvalue weighted by Gasteiger charge is -2.28. The summed E-state index contributed by atoms with van der Waals surface area (Å²) in [5, 5.41) is 37.2. The van der Waals surface area contributed by atoms with E-state index < -0.39 is 11.5 Å². The fourth-order valence-electron chi connectivity index (χ4n) is 6.75. The molecule has 3 aromatic rings. The van der Waals surface area contributed by atoms with E-state index in [1.165, 1.54) is 11.1 Å². The highest BCUT2D eigenvalue weighted by Crippen LogP contribution is 2.46. The molecule has 0 aliphatic carbocycles. The maximum Gasteiger partial charge on any atom is 0.264 e. The molecule has 2 aromatic carbocycles. The van der Waals surface area contributed by atoms with E-state index in [0.717, 1.165) is 37.8 Å². The Kier molecular flexibility index (Phi) is 12.6. The number of aliphatic hydroxyl groups excluding tert-OH is 1. The SMILES string of the molecule is CC(C)=CCC/C(C)=C/CN1C(=O)[C@@](O)([C@@H](C)/C=C/CCn2cc(C(CO)c3ccccc3)nn2)c2cc(NC(=O)C3CCCNC3)ccc21. The third-order valence-electron chi connectivity index (χ3n) is 9.82. The molecule has 3 heterocycles. The van der Waals surface area contributed by atoms with E-state index in [1.807, 2.05) is 67.7 Å². The lowest BCUT2D eigenvalue weighted by molar-refractivity contribution is -0.139. The molecule has 2 amide bonds. The topological polar surface area (TPSA) is 133 Å². The molecule has 2 aliphatic heterocycles. The molecule has 4 atom stereocenters. The summed E-state index contributed by atoms with van der Waals surface area (Å²) in [5.74, 6) is -1.37. The average Bonchev–Trinajstić information content (AvgIpc) is 3.67. The van der Waals surface area contributed by atoms with E-state index >= 15 is 0 Å². The summed E-state index contributed by atoms with van der Waals surface area (Å²) in [4.78, 5) is 28.9. The van der Waals surface area contributed by atoms with Gasteiger partial charge in [0.2, 0.25) is 5.91 Å². The second-order valence-corrected chi connectivity index (χ2v) is 13.9. The highest BCUT2D eigenvalue weighted by atomic mass is 16.3. The summed E-state index contributed by atoms with van der Waals surface area (Å²) in [6.07, 6.45) is 14.2. The van der Waals surface area contributed by atoms with Crippen molar-refractivity contribution in [3.63, 3.8) is 0 Å². The maximum atomic E-state index is 14.2. The molecule has 10 heteroatoms. The Balaban J connectivity index is 1.32. The smallest absolute Gasteiger partial charge is 0.264 e. The second kappa shape index (κ2) is 17.0. The van der Waals surface area contributed by atoms with Crippen molar-refractivity contribution in [2.75, 3.05) is 36.5 Å². The van der Waals surface area contributed by atoms with Crippen LogP contribution in [-0.4, -0.2) is 63.3 Å². The number of amides is 2. The van der Waals surface area contributed by atoms with Crippen molar-refractivity contribution in [3.05, 3.63) is 107 Å². The zero-order chi connectivity index (χ0) is 35.7. The van der Waals surface area contributed by atoms with Crippen LogP contribution in [0.4, 0.5) is 11.4 Å². The van der Waals surface area contributed by atoms with Crippen molar-refractivity contribution in [2.45, 2.75) is 77.9 Å². The van der Waals surface area contributed by atoms with Gasteiger partial charge in [0.05, 0.1) is 29.8 Å². The molecular weight excluding hydrogens is 628 g/mol. The third-order valence-corrected chi connectivity index (χ3v) is 9.82. The number of nitrogens with one attached hydrogen (secondary N) is 2. The molecule has 5 rings (SSSR count). The molecule has 50 heavy (non-hydrogen) atoms. The Bertz CT molecular complexity index is 1700. The summed E-state index contributed by atoms with van der Waals surface area (Å²) in [6.45, 7) is 10.5. The van der Waals surface area contributed by atoms with Gasteiger partial charge in [0, 0.05) is 43.0 Å².